The van der Waals surface area contributed by atoms with Crippen molar-refractivity contribution in [3.8, 4) is 6.07 Å². The van der Waals surface area contributed by atoms with E-state index in [9.17, 15) is 0 Å². The summed E-state index contributed by atoms with van der Waals surface area (Å²) in [5, 5.41) is 8.81. The first-order chi connectivity index (χ1) is 5.69. The average Bonchev–Trinajstić information content (AvgIpc) is 2.08. The van der Waals surface area contributed by atoms with Crippen LogP contribution in [0.1, 0.15) is 23.6 Å². The molecular formula is C10H10IN. The van der Waals surface area contributed by atoms with Gasteiger partial charge in [-0.25, -0.2) is 0 Å². The second-order valence-electron chi connectivity index (χ2n) is 2.70. The van der Waals surface area contributed by atoms with Crippen LogP contribution in [-0.2, 0) is 6.42 Å². The monoisotopic (exact) mass is 271 g/mol. The molecule has 0 unspecified atom stereocenters. The van der Waals surface area contributed by atoms with E-state index in [0.717, 1.165) is 21.1 Å². The van der Waals surface area contributed by atoms with Crippen molar-refractivity contribution in [3.63, 3.8) is 0 Å². The van der Waals surface area contributed by atoms with Gasteiger partial charge in [0.05, 0.1) is 11.6 Å². The molecular weight excluding hydrogens is 261 g/mol. The first kappa shape index (κ1) is 9.53. The standard InChI is InChI=1S/C10H10IN/c1-3-8-4-10(11)5-9(6-12)7(8)2/h4-5H,3H2,1-2H3. The zero-order chi connectivity index (χ0) is 9.14. The lowest BCUT2D eigenvalue weighted by molar-refractivity contribution is 1.10. The lowest BCUT2D eigenvalue weighted by Crippen LogP contribution is -1.92. The molecule has 0 aliphatic rings. The molecule has 0 N–H and O–H groups in total. The molecule has 0 fully saturated rings. The summed E-state index contributed by atoms with van der Waals surface area (Å²) >= 11 is 2.24. The molecule has 0 aromatic heterocycles. The summed E-state index contributed by atoms with van der Waals surface area (Å²) in [5.74, 6) is 0. The highest BCUT2D eigenvalue weighted by molar-refractivity contribution is 14.1. The fourth-order valence-electron chi connectivity index (χ4n) is 1.22. The highest BCUT2D eigenvalue weighted by Crippen LogP contribution is 2.18. The third-order valence-electron chi connectivity index (χ3n) is 1.98. The van der Waals surface area contributed by atoms with Gasteiger partial charge in [-0.15, -0.1) is 0 Å². The van der Waals surface area contributed by atoms with Crippen LogP contribution in [0.15, 0.2) is 12.1 Å². The summed E-state index contributed by atoms with van der Waals surface area (Å²) in [6.07, 6.45) is 0.997. The molecule has 0 saturated heterocycles. The maximum atomic E-state index is 8.81. The van der Waals surface area contributed by atoms with Gasteiger partial charge in [0.15, 0.2) is 0 Å². The first-order valence-electron chi connectivity index (χ1n) is 3.88. The normalized spacial score (nSPS) is 9.50. The van der Waals surface area contributed by atoms with Gasteiger partial charge in [0, 0.05) is 3.57 Å². The molecule has 0 saturated carbocycles. The minimum absolute atomic E-state index is 0.804. The van der Waals surface area contributed by atoms with Crippen molar-refractivity contribution in [1.82, 2.24) is 0 Å². The number of nitrogens with zero attached hydrogens (tertiary/aromatic N) is 1. The lowest BCUT2D eigenvalue weighted by Gasteiger charge is -2.05. The van der Waals surface area contributed by atoms with Crippen molar-refractivity contribution in [3.05, 3.63) is 32.4 Å². The predicted octanol–water partition coefficient (Wildman–Crippen LogP) is 3.03. The maximum absolute atomic E-state index is 8.81. The average molecular weight is 271 g/mol. The molecule has 1 nitrogen and oxygen atoms in total. The summed E-state index contributed by atoms with van der Waals surface area (Å²) in [7, 11) is 0. The van der Waals surface area contributed by atoms with Crippen LogP contribution in [0, 0.1) is 21.8 Å². The Labute approximate surface area is 86.5 Å². The van der Waals surface area contributed by atoms with E-state index in [1.165, 1.54) is 5.56 Å². The van der Waals surface area contributed by atoms with Crippen LogP contribution in [0.25, 0.3) is 0 Å². The zero-order valence-electron chi connectivity index (χ0n) is 7.19. The summed E-state index contributed by atoms with van der Waals surface area (Å²) in [6.45, 7) is 4.12. The van der Waals surface area contributed by atoms with Gasteiger partial charge in [0.25, 0.3) is 0 Å². The minimum atomic E-state index is 0.804. The second kappa shape index (κ2) is 3.90. The minimum Gasteiger partial charge on any atom is -0.192 e. The van der Waals surface area contributed by atoms with Crippen LogP contribution in [-0.4, -0.2) is 0 Å². The number of benzene rings is 1. The van der Waals surface area contributed by atoms with Gasteiger partial charge in [-0.2, -0.15) is 5.26 Å². The highest BCUT2D eigenvalue weighted by atomic mass is 127. The topological polar surface area (TPSA) is 23.8 Å². The third kappa shape index (κ3) is 1.78. The largest absolute Gasteiger partial charge is 0.192 e. The fraction of sp³-hybridized carbons (Fsp3) is 0.300. The SMILES string of the molecule is CCc1cc(I)cc(C#N)c1C. The number of nitriles is 1. The Kier molecular flexibility index (Phi) is 3.10. The van der Waals surface area contributed by atoms with Crippen molar-refractivity contribution in [2.24, 2.45) is 0 Å². The number of aryl methyl sites for hydroxylation is 1. The number of rotatable bonds is 1. The van der Waals surface area contributed by atoms with E-state index in [1.54, 1.807) is 0 Å². The van der Waals surface area contributed by atoms with Gasteiger partial charge in [-0.05, 0) is 59.2 Å². The Hall–Kier alpha value is -0.560. The van der Waals surface area contributed by atoms with Crippen LogP contribution >= 0.6 is 22.6 Å². The van der Waals surface area contributed by atoms with Crippen molar-refractivity contribution in [1.29, 1.82) is 5.26 Å². The fourth-order valence-corrected chi connectivity index (χ4v) is 1.91. The lowest BCUT2D eigenvalue weighted by atomic mass is 10.0. The van der Waals surface area contributed by atoms with Crippen LogP contribution in [0.3, 0.4) is 0 Å². The van der Waals surface area contributed by atoms with Crippen LogP contribution in [0.4, 0.5) is 0 Å². The molecule has 1 rings (SSSR count). The quantitative estimate of drug-likeness (QED) is 0.720. The third-order valence-corrected chi connectivity index (χ3v) is 2.60. The van der Waals surface area contributed by atoms with Gasteiger partial charge < -0.3 is 0 Å². The molecule has 62 valence electrons. The Balaban J connectivity index is 3.34. The van der Waals surface area contributed by atoms with Crippen LogP contribution < -0.4 is 0 Å². The van der Waals surface area contributed by atoms with E-state index in [1.807, 2.05) is 13.0 Å². The molecule has 0 aliphatic heterocycles. The molecule has 0 heterocycles. The van der Waals surface area contributed by atoms with Gasteiger partial charge in [-0.1, -0.05) is 6.92 Å². The van der Waals surface area contributed by atoms with Crippen LogP contribution in [0.2, 0.25) is 0 Å². The zero-order valence-corrected chi connectivity index (χ0v) is 9.34. The molecule has 0 atom stereocenters. The molecule has 12 heavy (non-hydrogen) atoms. The van der Waals surface area contributed by atoms with E-state index in [-0.39, 0.29) is 0 Å². The Bertz CT molecular complexity index is 336. The van der Waals surface area contributed by atoms with Gasteiger partial charge in [0.2, 0.25) is 0 Å². The van der Waals surface area contributed by atoms with E-state index >= 15 is 0 Å². The smallest absolute Gasteiger partial charge is 0.0994 e. The van der Waals surface area contributed by atoms with E-state index in [0.29, 0.717) is 0 Å². The van der Waals surface area contributed by atoms with Gasteiger partial charge >= 0.3 is 0 Å². The van der Waals surface area contributed by atoms with E-state index in [2.05, 4.69) is 41.7 Å². The summed E-state index contributed by atoms with van der Waals surface area (Å²) in [5.41, 5.74) is 3.21. The van der Waals surface area contributed by atoms with Crippen molar-refractivity contribution < 1.29 is 0 Å². The van der Waals surface area contributed by atoms with Crippen molar-refractivity contribution >= 4 is 22.6 Å². The van der Waals surface area contributed by atoms with E-state index < -0.39 is 0 Å². The van der Waals surface area contributed by atoms with Gasteiger partial charge in [-0.3, -0.25) is 0 Å². The van der Waals surface area contributed by atoms with Crippen molar-refractivity contribution in [2.45, 2.75) is 20.3 Å². The molecule has 0 aliphatic carbocycles. The second-order valence-corrected chi connectivity index (χ2v) is 3.95. The molecule has 1 aromatic carbocycles. The van der Waals surface area contributed by atoms with Crippen molar-refractivity contribution in [2.75, 3.05) is 0 Å². The number of halogens is 1. The Morgan fingerprint density at radius 1 is 1.50 bits per heavy atom. The maximum Gasteiger partial charge on any atom is 0.0994 e. The highest BCUT2D eigenvalue weighted by Gasteiger charge is 2.03. The summed E-state index contributed by atoms with van der Waals surface area (Å²) < 4.78 is 1.14. The molecule has 0 radical (unpaired) electrons. The van der Waals surface area contributed by atoms with Gasteiger partial charge in [0.1, 0.15) is 0 Å². The molecule has 0 bridgehead atoms. The molecule has 1 aromatic rings. The predicted molar refractivity (Wildman–Crippen MR) is 58.0 cm³/mol. The van der Waals surface area contributed by atoms with E-state index in [4.69, 9.17) is 5.26 Å². The Morgan fingerprint density at radius 3 is 2.67 bits per heavy atom. The molecule has 2 heteroatoms. The summed E-state index contributed by atoms with van der Waals surface area (Å²) in [6, 6.07) is 6.27. The van der Waals surface area contributed by atoms with Crippen LogP contribution in [0.5, 0.6) is 0 Å². The first-order valence-corrected chi connectivity index (χ1v) is 4.96. The molecule has 0 spiro atoms. The number of hydrogen-bond donors (Lipinski definition) is 0. The summed E-state index contributed by atoms with van der Waals surface area (Å²) in [4.78, 5) is 0. The molecule has 0 amide bonds. The Morgan fingerprint density at radius 2 is 2.17 bits per heavy atom. The number of hydrogen-bond acceptors (Lipinski definition) is 1.